The third-order valence-electron chi connectivity index (χ3n) is 3.31. The van der Waals surface area contributed by atoms with Gasteiger partial charge >= 0.3 is 0 Å². The van der Waals surface area contributed by atoms with Gasteiger partial charge in [0.05, 0.1) is 5.69 Å². The number of hydrogen-bond acceptors (Lipinski definition) is 2. The lowest BCUT2D eigenvalue weighted by Crippen LogP contribution is -2.23. The molecule has 0 amide bonds. The van der Waals surface area contributed by atoms with E-state index in [1.54, 1.807) is 0 Å². The van der Waals surface area contributed by atoms with Crippen LogP contribution in [0.2, 0.25) is 0 Å². The summed E-state index contributed by atoms with van der Waals surface area (Å²) in [7, 11) is 0. The number of rotatable bonds is 6. The van der Waals surface area contributed by atoms with Gasteiger partial charge in [0.1, 0.15) is 0 Å². The van der Waals surface area contributed by atoms with E-state index in [2.05, 4.69) is 49.3 Å². The zero-order chi connectivity index (χ0) is 13.7. The molecule has 1 atom stereocenters. The molecular formula is C16H23N3. The molecule has 3 nitrogen and oxygen atoms in total. The molecule has 102 valence electrons. The maximum absolute atomic E-state index is 6.19. The average Bonchev–Trinajstić information content (AvgIpc) is 2.86. The van der Waals surface area contributed by atoms with Gasteiger partial charge in [-0.15, -0.1) is 0 Å². The third kappa shape index (κ3) is 4.21. The molecule has 1 aromatic carbocycles. The Hall–Kier alpha value is -1.61. The molecule has 1 heterocycles. The molecular weight excluding hydrogens is 234 g/mol. The van der Waals surface area contributed by atoms with Crippen LogP contribution in [0, 0.1) is 0 Å². The maximum Gasteiger partial charge on any atom is 0.0640 e. The van der Waals surface area contributed by atoms with Gasteiger partial charge in [-0.3, -0.25) is 4.68 Å². The molecule has 0 aliphatic rings. The Morgan fingerprint density at radius 1 is 1.16 bits per heavy atom. The first-order chi connectivity index (χ1) is 9.15. The van der Waals surface area contributed by atoms with Gasteiger partial charge in [0.15, 0.2) is 0 Å². The summed E-state index contributed by atoms with van der Waals surface area (Å²) < 4.78 is 1.99. The Bertz CT molecular complexity index is 488. The maximum atomic E-state index is 6.19. The zero-order valence-electron chi connectivity index (χ0n) is 11.8. The van der Waals surface area contributed by atoms with Crippen LogP contribution in [-0.2, 0) is 12.8 Å². The zero-order valence-corrected chi connectivity index (χ0v) is 11.8. The van der Waals surface area contributed by atoms with E-state index in [4.69, 9.17) is 5.73 Å². The van der Waals surface area contributed by atoms with E-state index in [0.29, 0.717) is 6.04 Å². The van der Waals surface area contributed by atoms with Crippen molar-refractivity contribution < 1.29 is 0 Å². The molecule has 0 aliphatic carbocycles. The Balaban J connectivity index is 1.82. The largest absolute Gasteiger partial charge is 0.327 e. The summed E-state index contributed by atoms with van der Waals surface area (Å²) >= 11 is 0. The summed E-state index contributed by atoms with van der Waals surface area (Å²) in [6.07, 6.45) is 4.92. The van der Waals surface area contributed by atoms with Crippen molar-refractivity contribution in [3.8, 4) is 0 Å². The third-order valence-corrected chi connectivity index (χ3v) is 3.31. The summed E-state index contributed by atoms with van der Waals surface area (Å²) in [4.78, 5) is 0. The SMILES string of the molecule is CC(C)n1ccc(CC(N)CCc2ccccc2)n1. The van der Waals surface area contributed by atoms with E-state index in [9.17, 15) is 0 Å². The fraction of sp³-hybridized carbons (Fsp3) is 0.438. The highest BCUT2D eigenvalue weighted by molar-refractivity contribution is 5.15. The van der Waals surface area contributed by atoms with Crippen molar-refractivity contribution in [2.75, 3.05) is 0 Å². The predicted octanol–water partition coefficient (Wildman–Crippen LogP) is 2.97. The van der Waals surface area contributed by atoms with Gasteiger partial charge in [0.2, 0.25) is 0 Å². The fourth-order valence-corrected chi connectivity index (χ4v) is 2.14. The highest BCUT2D eigenvalue weighted by Gasteiger charge is 2.08. The van der Waals surface area contributed by atoms with Crippen molar-refractivity contribution in [1.82, 2.24) is 9.78 Å². The molecule has 0 aliphatic heterocycles. The lowest BCUT2D eigenvalue weighted by Gasteiger charge is -2.10. The van der Waals surface area contributed by atoms with Crippen molar-refractivity contribution in [2.45, 2.75) is 45.2 Å². The quantitative estimate of drug-likeness (QED) is 0.864. The molecule has 0 spiro atoms. The highest BCUT2D eigenvalue weighted by Crippen LogP contribution is 2.09. The van der Waals surface area contributed by atoms with Gasteiger partial charge < -0.3 is 5.73 Å². The Labute approximate surface area is 115 Å². The first kappa shape index (κ1) is 13.8. The number of aromatic nitrogens is 2. The van der Waals surface area contributed by atoms with E-state index in [1.807, 2.05) is 16.9 Å². The molecule has 0 bridgehead atoms. The molecule has 0 radical (unpaired) electrons. The lowest BCUT2D eigenvalue weighted by molar-refractivity contribution is 0.518. The van der Waals surface area contributed by atoms with Gasteiger partial charge in [-0.25, -0.2) is 0 Å². The number of benzene rings is 1. The van der Waals surface area contributed by atoms with Gasteiger partial charge in [0.25, 0.3) is 0 Å². The minimum atomic E-state index is 0.177. The first-order valence-corrected chi connectivity index (χ1v) is 6.98. The average molecular weight is 257 g/mol. The van der Waals surface area contributed by atoms with Crippen LogP contribution in [-0.4, -0.2) is 15.8 Å². The summed E-state index contributed by atoms with van der Waals surface area (Å²) in [5.74, 6) is 0. The normalized spacial score (nSPS) is 12.8. The van der Waals surface area contributed by atoms with Gasteiger partial charge in [-0.2, -0.15) is 5.10 Å². The molecule has 1 aromatic heterocycles. The molecule has 19 heavy (non-hydrogen) atoms. The molecule has 3 heteroatoms. The van der Waals surface area contributed by atoms with Crippen LogP contribution in [0.5, 0.6) is 0 Å². The topological polar surface area (TPSA) is 43.8 Å². The first-order valence-electron chi connectivity index (χ1n) is 6.98. The fourth-order valence-electron chi connectivity index (χ4n) is 2.14. The predicted molar refractivity (Wildman–Crippen MR) is 79.1 cm³/mol. The summed E-state index contributed by atoms with van der Waals surface area (Å²) in [6.45, 7) is 4.26. The van der Waals surface area contributed by atoms with E-state index < -0.39 is 0 Å². The standard InChI is InChI=1S/C16H23N3/c1-13(2)19-11-10-16(18-19)12-15(17)9-8-14-6-4-3-5-7-14/h3-7,10-11,13,15H,8-9,12,17H2,1-2H3. The monoisotopic (exact) mass is 257 g/mol. The minimum absolute atomic E-state index is 0.177. The molecule has 0 saturated carbocycles. The second kappa shape index (κ2) is 6.53. The molecule has 0 fully saturated rings. The van der Waals surface area contributed by atoms with Crippen molar-refractivity contribution in [2.24, 2.45) is 5.73 Å². The Morgan fingerprint density at radius 2 is 1.89 bits per heavy atom. The van der Waals surface area contributed by atoms with Crippen LogP contribution in [0.1, 0.15) is 37.6 Å². The van der Waals surface area contributed by atoms with Crippen molar-refractivity contribution in [1.29, 1.82) is 0 Å². The molecule has 2 aromatic rings. The van der Waals surface area contributed by atoms with Crippen molar-refractivity contribution in [3.63, 3.8) is 0 Å². The lowest BCUT2D eigenvalue weighted by atomic mass is 10.0. The Morgan fingerprint density at radius 3 is 2.53 bits per heavy atom. The van der Waals surface area contributed by atoms with Gasteiger partial charge in [-0.05, 0) is 38.3 Å². The van der Waals surface area contributed by atoms with Crippen LogP contribution >= 0.6 is 0 Å². The van der Waals surface area contributed by atoms with Crippen molar-refractivity contribution >= 4 is 0 Å². The van der Waals surface area contributed by atoms with E-state index in [-0.39, 0.29) is 6.04 Å². The molecule has 2 N–H and O–H groups in total. The van der Waals surface area contributed by atoms with Crippen molar-refractivity contribution in [3.05, 3.63) is 53.9 Å². The second-order valence-corrected chi connectivity index (χ2v) is 5.37. The van der Waals surface area contributed by atoms with Crippen LogP contribution in [0.3, 0.4) is 0 Å². The van der Waals surface area contributed by atoms with E-state index in [1.165, 1.54) is 5.56 Å². The summed E-state index contributed by atoms with van der Waals surface area (Å²) in [6, 6.07) is 13.2. The van der Waals surface area contributed by atoms with Crippen LogP contribution < -0.4 is 5.73 Å². The molecule has 0 saturated heterocycles. The number of hydrogen-bond donors (Lipinski definition) is 1. The molecule has 2 rings (SSSR count). The number of nitrogens with two attached hydrogens (primary N) is 1. The van der Waals surface area contributed by atoms with Crippen LogP contribution in [0.25, 0.3) is 0 Å². The summed E-state index contributed by atoms with van der Waals surface area (Å²) in [5, 5.41) is 4.54. The second-order valence-electron chi connectivity index (χ2n) is 5.37. The summed E-state index contributed by atoms with van der Waals surface area (Å²) in [5.41, 5.74) is 8.63. The van der Waals surface area contributed by atoms with Crippen LogP contribution in [0.15, 0.2) is 42.6 Å². The smallest absolute Gasteiger partial charge is 0.0640 e. The van der Waals surface area contributed by atoms with Gasteiger partial charge in [-0.1, -0.05) is 30.3 Å². The number of aryl methyl sites for hydroxylation is 1. The molecule has 1 unspecified atom stereocenters. The van der Waals surface area contributed by atoms with Crippen LogP contribution in [0.4, 0.5) is 0 Å². The highest BCUT2D eigenvalue weighted by atomic mass is 15.3. The van der Waals surface area contributed by atoms with Gasteiger partial charge in [0, 0.05) is 24.7 Å². The minimum Gasteiger partial charge on any atom is -0.327 e. The van der Waals surface area contributed by atoms with E-state index in [0.717, 1.165) is 25.0 Å². The number of nitrogens with zero attached hydrogens (tertiary/aromatic N) is 2. The Kier molecular flexibility index (Phi) is 4.74. The van der Waals surface area contributed by atoms with E-state index >= 15 is 0 Å².